The van der Waals surface area contributed by atoms with Gasteiger partial charge in [-0.25, -0.2) is 0 Å². The first-order chi connectivity index (χ1) is 10.3. The Morgan fingerprint density at radius 3 is 2.71 bits per heavy atom. The smallest absolute Gasteiger partial charge is 0.132 e. The van der Waals surface area contributed by atoms with Gasteiger partial charge in [-0.2, -0.15) is 0 Å². The summed E-state index contributed by atoms with van der Waals surface area (Å²) in [4.78, 5) is 1.15. The number of methoxy groups -OCH3 is 1. The van der Waals surface area contributed by atoms with Crippen LogP contribution in [0.5, 0.6) is 11.5 Å². The number of fused-ring (bicyclic) bond motifs is 1. The lowest BCUT2D eigenvalue weighted by Gasteiger charge is -2.33. The minimum atomic E-state index is 0.268. The lowest BCUT2D eigenvalue weighted by Crippen LogP contribution is -2.35. The monoisotopic (exact) mass is 301 g/mol. The van der Waals surface area contributed by atoms with Crippen molar-refractivity contribution in [2.45, 2.75) is 16.2 Å². The van der Waals surface area contributed by atoms with Gasteiger partial charge in [0.2, 0.25) is 0 Å². The van der Waals surface area contributed by atoms with Gasteiger partial charge in [-0.1, -0.05) is 30.3 Å². The summed E-state index contributed by atoms with van der Waals surface area (Å²) in [5.41, 5.74) is 1.22. The Bertz CT molecular complexity index is 617. The third-order valence-electron chi connectivity index (χ3n) is 3.69. The summed E-state index contributed by atoms with van der Waals surface area (Å²) >= 11 is 1.80. The third-order valence-corrected chi connectivity index (χ3v) is 4.99. The van der Waals surface area contributed by atoms with Gasteiger partial charge in [-0.15, -0.1) is 11.8 Å². The van der Waals surface area contributed by atoms with Crippen molar-refractivity contribution in [3.8, 4) is 11.5 Å². The first-order valence-electron chi connectivity index (χ1n) is 7.02. The molecule has 21 heavy (non-hydrogen) atoms. The van der Waals surface area contributed by atoms with Crippen LogP contribution >= 0.6 is 11.8 Å². The maximum atomic E-state index is 5.91. The number of benzene rings is 2. The van der Waals surface area contributed by atoms with E-state index in [0.29, 0.717) is 11.9 Å². The average molecular weight is 301 g/mol. The molecular weight excluding hydrogens is 282 g/mol. The van der Waals surface area contributed by atoms with Gasteiger partial charge >= 0.3 is 0 Å². The molecule has 3 nitrogen and oxygen atoms in total. The summed E-state index contributed by atoms with van der Waals surface area (Å²) in [6, 6.07) is 16.6. The molecule has 2 unspecified atom stereocenters. The standard InChI is InChI=1S/C17H19NO2S/c1-18-17-12-7-3-4-8-13(12)20-11-16(17)21-15-10-6-5-9-14(15)19-2/h3-10,16-18H,11H2,1-2H3. The van der Waals surface area contributed by atoms with E-state index < -0.39 is 0 Å². The van der Waals surface area contributed by atoms with E-state index in [4.69, 9.17) is 9.47 Å². The molecule has 0 fully saturated rings. The molecule has 0 amide bonds. The second-order valence-corrected chi connectivity index (χ2v) is 6.20. The van der Waals surface area contributed by atoms with Crippen molar-refractivity contribution in [3.63, 3.8) is 0 Å². The minimum absolute atomic E-state index is 0.268. The molecule has 1 aliphatic heterocycles. The maximum absolute atomic E-state index is 5.91. The van der Waals surface area contributed by atoms with Crippen molar-refractivity contribution in [3.05, 3.63) is 54.1 Å². The van der Waals surface area contributed by atoms with Gasteiger partial charge in [0.25, 0.3) is 0 Å². The summed E-state index contributed by atoms with van der Waals surface area (Å²) in [6.45, 7) is 0.686. The quantitative estimate of drug-likeness (QED) is 0.936. The molecule has 2 aromatic carbocycles. The predicted octanol–water partition coefficient (Wildman–Crippen LogP) is 3.51. The zero-order valence-electron chi connectivity index (χ0n) is 12.2. The molecule has 0 aromatic heterocycles. The number of hydrogen-bond donors (Lipinski definition) is 1. The summed E-state index contributed by atoms with van der Waals surface area (Å²) in [7, 11) is 3.71. The van der Waals surface area contributed by atoms with Crippen LogP contribution in [0.1, 0.15) is 11.6 Å². The molecule has 1 heterocycles. The molecule has 0 radical (unpaired) electrons. The van der Waals surface area contributed by atoms with E-state index in [-0.39, 0.29) is 6.04 Å². The number of thioether (sulfide) groups is 1. The lowest BCUT2D eigenvalue weighted by atomic mass is 10.0. The van der Waals surface area contributed by atoms with Gasteiger partial charge in [0.15, 0.2) is 0 Å². The van der Waals surface area contributed by atoms with Crippen LogP contribution in [-0.2, 0) is 0 Å². The molecular formula is C17H19NO2S. The fourth-order valence-electron chi connectivity index (χ4n) is 2.66. The molecule has 3 rings (SSSR count). The highest BCUT2D eigenvalue weighted by molar-refractivity contribution is 8.00. The van der Waals surface area contributed by atoms with Gasteiger partial charge < -0.3 is 14.8 Å². The van der Waals surface area contributed by atoms with Crippen LogP contribution in [0.4, 0.5) is 0 Å². The second-order valence-electron chi connectivity index (χ2n) is 4.92. The molecule has 0 bridgehead atoms. The highest BCUT2D eigenvalue weighted by atomic mass is 32.2. The molecule has 110 valence electrons. The Hall–Kier alpha value is -1.65. The van der Waals surface area contributed by atoms with E-state index in [1.54, 1.807) is 18.9 Å². The van der Waals surface area contributed by atoms with Gasteiger partial charge in [-0.3, -0.25) is 0 Å². The van der Waals surface area contributed by atoms with Crippen molar-refractivity contribution < 1.29 is 9.47 Å². The highest BCUT2D eigenvalue weighted by Gasteiger charge is 2.30. The lowest BCUT2D eigenvalue weighted by molar-refractivity contribution is 0.265. The number of para-hydroxylation sites is 2. The second kappa shape index (κ2) is 6.41. The van der Waals surface area contributed by atoms with Gasteiger partial charge in [0, 0.05) is 10.5 Å². The molecule has 0 aliphatic carbocycles. The molecule has 2 aromatic rings. The number of rotatable bonds is 4. The number of hydrogen-bond acceptors (Lipinski definition) is 4. The van der Waals surface area contributed by atoms with E-state index in [9.17, 15) is 0 Å². The summed E-state index contributed by atoms with van der Waals surface area (Å²) in [6.07, 6.45) is 0. The number of ether oxygens (including phenoxy) is 2. The molecule has 1 N–H and O–H groups in total. The van der Waals surface area contributed by atoms with E-state index in [0.717, 1.165) is 16.4 Å². The first kappa shape index (κ1) is 14.3. The van der Waals surface area contributed by atoms with E-state index >= 15 is 0 Å². The Labute approximate surface area is 129 Å². The van der Waals surface area contributed by atoms with Crippen LogP contribution in [0.2, 0.25) is 0 Å². The van der Waals surface area contributed by atoms with Crippen molar-refractivity contribution in [2.75, 3.05) is 20.8 Å². The zero-order valence-corrected chi connectivity index (χ0v) is 13.0. The van der Waals surface area contributed by atoms with Crippen molar-refractivity contribution in [1.29, 1.82) is 0 Å². The summed E-state index contributed by atoms with van der Waals surface area (Å²) in [5.74, 6) is 1.89. The fourth-order valence-corrected chi connectivity index (χ4v) is 3.97. The Kier molecular flexibility index (Phi) is 4.36. The summed E-state index contributed by atoms with van der Waals surface area (Å²) < 4.78 is 11.4. The zero-order chi connectivity index (χ0) is 14.7. The topological polar surface area (TPSA) is 30.5 Å². The third kappa shape index (κ3) is 2.87. The van der Waals surface area contributed by atoms with Crippen LogP contribution in [0.3, 0.4) is 0 Å². The summed E-state index contributed by atoms with van der Waals surface area (Å²) in [5, 5.41) is 3.73. The molecule has 4 heteroatoms. The van der Waals surface area contributed by atoms with E-state index in [1.165, 1.54) is 5.56 Å². The van der Waals surface area contributed by atoms with Crippen LogP contribution < -0.4 is 14.8 Å². The van der Waals surface area contributed by atoms with Crippen LogP contribution in [0.25, 0.3) is 0 Å². The van der Waals surface area contributed by atoms with Crippen molar-refractivity contribution in [2.24, 2.45) is 0 Å². The largest absolute Gasteiger partial charge is 0.496 e. The highest BCUT2D eigenvalue weighted by Crippen LogP contribution is 2.41. The normalized spacial score (nSPS) is 20.5. The maximum Gasteiger partial charge on any atom is 0.132 e. The molecule has 0 saturated heterocycles. The molecule has 0 spiro atoms. The van der Waals surface area contributed by atoms with Crippen LogP contribution in [-0.4, -0.2) is 26.0 Å². The predicted molar refractivity (Wildman–Crippen MR) is 86.4 cm³/mol. The van der Waals surface area contributed by atoms with Crippen molar-refractivity contribution in [1.82, 2.24) is 5.32 Å². The average Bonchev–Trinajstić information content (AvgIpc) is 2.55. The van der Waals surface area contributed by atoms with E-state index in [2.05, 4.69) is 23.5 Å². The van der Waals surface area contributed by atoms with Gasteiger partial charge in [0.05, 0.1) is 18.4 Å². The van der Waals surface area contributed by atoms with Crippen LogP contribution in [0, 0.1) is 0 Å². The number of nitrogens with one attached hydrogen (secondary N) is 1. The van der Waals surface area contributed by atoms with Crippen LogP contribution in [0.15, 0.2) is 53.4 Å². The van der Waals surface area contributed by atoms with Gasteiger partial charge in [0.1, 0.15) is 18.1 Å². The van der Waals surface area contributed by atoms with Gasteiger partial charge in [-0.05, 0) is 25.2 Å². The SMILES string of the molecule is CNC1c2ccccc2OCC1Sc1ccccc1OC. The minimum Gasteiger partial charge on any atom is -0.496 e. The Morgan fingerprint density at radius 1 is 1.14 bits per heavy atom. The van der Waals surface area contributed by atoms with E-state index in [1.807, 2.05) is 37.4 Å². The Morgan fingerprint density at radius 2 is 1.90 bits per heavy atom. The fraction of sp³-hybridized carbons (Fsp3) is 0.294. The van der Waals surface area contributed by atoms with Crippen molar-refractivity contribution >= 4 is 11.8 Å². The first-order valence-corrected chi connectivity index (χ1v) is 7.90. The molecule has 0 saturated carbocycles. The Balaban J connectivity index is 1.86. The molecule has 1 aliphatic rings. The molecule has 2 atom stereocenters.